The fourth-order valence-electron chi connectivity index (χ4n) is 1.34. The Morgan fingerprint density at radius 2 is 2.27 bits per heavy atom. The first-order valence-corrected chi connectivity index (χ1v) is 5.33. The molecule has 0 heterocycles. The summed E-state index contributed by atoms with van der Waals surface area (Å²) < 4.78 is 5.40. The van der Waals surface area contributed by atoms with Crippen LogP contribution in [0.25, 0.3) is 0 Å². The van der Waals surface area contributed by atoms with Crippen molar-refractivity contribution in [3.63, 3.8) is 0 Å². The van der Waals surface area contributed by atoms with E-state index >= 15 is 0 Å². The van der Waals surface area contributed by atoms with Crippen LogP contribution >= 0.6 is 0 Å². The Hall–Kier alpha value is -1.06. The van der Waals surface area contributed by atoms with E-state index in [-0.39, 0.29) is 6.10 Å². The van der Waals surface area contributed by atoms with E-state index in [0.29, 0.717) is 13.2 Å². The highest BCUT2D eigenvalue weighted by atomic mass is 16.5. The summed E-state index contributed by atoms with van der Waals surface area (Å²) in [6.07, 6.45) is -0.305. The van der Waals surface area contributed by atoms with Crippen LogP contribution in [0.2, 0.25) is 0 Å². The van der Waals surface area contributed by atoms with Crippen molar-refractivity contribution in [2.45, 2.75) is 26.5 Å². The number of benzene rings is 1. The minimum Gasteiger partial charge on any atom is -0.494 e. The number of nitrogens with one attached hydrogen (secondary N) is 1. The predicted octanol–water partition coefficient (Wildman–Crippen LogP) is 1.56. The Morgan fingerprint density at radius 1 is 1.47 bits per heavy atom. The number of rotatable bonds is 6. The first-order valence-electron chi connectivity index (χ1n) is 5.33. The molecule has 0 aromatic heterocycles. The summed E-state index contributed by atoms with van der Waals surface area (Å²) in [6.45, 7) is 5.79. The molecular formula is C12H19NO2. The van der Waals surface area contributed by atoms with Gasteiger partial charge in [0.05, 0.1) is 12.7 Å². The van der Waals surface area contributed by atoms with Crippen molar-refractivity contribution < 1.29 is 9.84 Å². The molecule has 1 atom stereocenters. The van der Waals surface area contributed by atoms with E-state index in [4.69, 9.17) is 9.84 Å². The molecule has 0 spiro atoms. The second-order valence-corrected chi connectivity index (χ2v) is 3.56. The van der Waals surface area contributed by atoms with E-state index in [9.17, 15) is 0 Å². The van der Waals surface area contributed by atoms with Crippen LogP contribution in [0.5, 0.6) is 5.75 Å². The third-order valence-corrected chi connectivity index (χ3v) is 1.98. The maximum Gasteiger partial charge on any atom is 0.119 e. The van der Waals surface area contributed by atoms with E-state index in [2.05, 4.69) is 5.32 Å². The molecule has 84 valence electrons. The van der Waals surface area contributed by atoms with Crippen molar-refractivity contribution in [2.75, 3.05) is 13.2 Å². The van der Waals surface area contributed by atoms with Crippen LogP contribution in [0, 0.1) is 0 Å². The highest BCUT2D eigenvalue weighted by molar-refractivity contribution is 5.28. The van der Waals surface area contributed by atoms with Gasteiger partial charge in [-0.1, -0.05) is 12.1 Å². The van der Waals surface area contributed by atoms with Crippen molar-refractivity contribution in [1.82, 2.24) is 5.32 Å². The summed E-state index contributed by atoms with van der Waals surface area (Å²) in [6, 6.07) is 7.97. The lowest BCUT2D eigenvalue weighted by atomic mass is 10.2. The number of aliphatic hydroxyl groups excluding tert-OH is 1. The molecule has 3 nitrogen and oxygen atoms in total. The van der Waals surface area contributed by atoms with Gasteiger partial charge in [-0.2, -0.15) is 0 Å². The molecule has 0 saturated heterocycles. The zero-order valence-corrected chi connectivity index (χ0v) is 9.36. The van der Waals surface area contributed by atoms with Crippen molar-refractivity contribution in [3.05, 3.63) is 29.8 Å². The monoisotopic (exact) mass is 209 g/mol. The number of aliphatic hydroxyl groups is 1. The summed E-state index contributed by atoms with van der Waals surface area (Å²) in [5.74, 6) is 0.897. The zero-order valence-electron chi connectivity index (χ0n) is 9.36. The van der Waals surface area contributed by atoms with E-state index < -0.39 is 0 Å². The standard InChI is InChI=1S/C12H19NO2/c1-3-15-12-6-4-5-11(7-12)9-13-8-10(2)14/h4-7,10,13-14H,3,8-9H2,1-2H3/t10-/m1/s1. The number of ether oxygens (including phenoxy) is 1. The lowest BCUT2D eigenvalue weighted by Gasteiger charge is -2.08. The average Bonchev–Trinajstić information content (AvgIpc) is 2.18. The third kappa shape index (κ3) is 4.81. The van der Waals surface area contributed by atoms with Gasteiger partial charge in [0, 0.05) is 13.1 Å². The summed E-state index contributed by atoms with van der Waals surface area (Å²) >= 11 is 0. The van der Waals surface area contributed by atoms with Gasteiger partial charge >= 0.3 is 0 Å². The van der Waals surface area contributed by atoms with Crippen molar-refractivity contribution in [3.8, 4) is 5.75 Å². The highest BCUT2D eigenvalue weighted by Gasteiger charge is 1.97. The van der Waals surface area contributed by atoms with Crippen molar-refractivity contribution in [2.24, 2.45) is 0 Å². The molecule has 3 heteroatoms. The van der Waals surface area contributed by atoms with Gasteiger partial charge in [0.15, 0.2) is 0 Å². The summed E-state index contributed by atoms with van der Waals surface area (Å²) in [5.41, 5.74) is 1.17. The van der Waals surface area contributed by atoms with Crippen LogP contribution < -0.4 is 10.1 Å². The van der Waals surface area contributed by atoms with E-state index in [1.807, 2.05) is 31.2 Å². The van der Waals surface area contributed by atoms with E-state index in [1.54, 1.807) is 6.92 Å². The molecular weight excluding hydrogens is 190 g/mol. The van der Waals surface area contributed by atoms with E-state index in [1.165, 1.54) is 5.56 Å². The van der Waals surface area contributed by atoms with Gasteiger partial charge in [0.25, 0.3) is 0 Å². The SMILES string of the molecule is CCOc1cccc(CNC[C@@H](C)O)c1. The Morgan fingerprint density at radius 3 is 2.93 bits per heavy atom. The first-order chi connectivity index (χ1) is 7.22. The van der Waals surface area contributed by atoms with Crippen molar-refractivity contribution >= 4 is 0 Å². The summed E-state index contributed by atoms with van der Waals surface area (Å²) in [7, 11) is 0. The molecule has 0 saturated carbocycles. The molecule has 0 fully saturated rings. The Labute approximate surface area is 91.1 Å². The van der Waals surface area contributed by atoms with Gasteiger partial charge in [-0.25, -0.2) is 0 Å². The topological polar surface area (TPSA) is 41.5 Å². The molecule has 0 radical (unpaired) electrons. The first kappa shape index (κ1) is 12.0. The molecule has 0 aliphatic heterocycles. The maximum absolute atomic E-state index is 9.08. The molecule has 0 amide bonds. The smallest absolute Gasteiger partial charge is 0.119 e. The normalized spacial score (nSPS) is 12.5. The number of hydrogen-bond donors (Lipinski definition) is 2. The van der Waals surface area contributed by atoms with Gasteiger partial charge in [-0.15, -0.1) is 0 Å². The summed E-state index contributed by atoms with van der Waals surface area (Å²) in [4.78, 5) is 0. The molecule has 1 aromatic carbocycles. The Bertz CT molecular complexity index is 287. The molecule has 15 heavy (non-hydrogen) atoms. The summed E-state index contributed by atoms with van der Waals surface area (Å²) in [5, 5.41) is 12.2. The molecule has 0 aliphatic rings. The zero-order chi connectivity index (χ0) is 11.1. The highest BCUT2D eigenvalue weighted by Crippen LogP contribution is 2.12. The Kier molecular flexibility index (Phi) is 5.15. The molecule has 2 N–H and O–H groups in total. The average molecular weight is 209 g/mol. The second kappa shape index (κ2) is 6.43. The molecule has 0 bridgehead atoms. The van der Waals surface area contributed by atoms with Crippen LogP contribution in [0.3, 0.4) is 0 Å². The van der Waals surface area contributed by atoms with Gasteiger partial charge in [0.1, 0.15) is 5.75 Å². The van der Waals surface area contributed by atoms with Gasteiger partial charge < -0.3 is 15.2 Å². The molecule has 1 aromatic rings. The lowest BCUT2D eigenvalue weighted by Crippen LogP contribution is -2.23. The van der Waals surface area contributed by atoms with Crippen molar-refractivity contribution in [1.29, 1.82) is 0 Å². The van der Waals surface area contributed by atoms with Crippen LogP contribution in [0.1, 0.15) is 19.4 Å². The lowest BCUT2D eigenvalue weighted by molar-refractivity contribution is 0.191. The van der Waals surface area contributed by atoms with Crippen LogP contribution in [-0.4, -0.2) is 24.4 Å². The third-order valence-electron chi connectivity index (χ3n) is 1.98. The second-order valence-electron chi connectivity index (χ2n) is 3.56. The van der Waals surface area contributed by atoms with Gasteiger partial charge in [-0.05, 0) is 31.5 Å². The van der Waals surface area contributed by atoms with Crippen LogP contribution in [-0.2, 0) is 6.54 Å². The fraction of sp³-hybridized carbons (Fsp3) is 0.500. The minimum absolute atomic E-state index is 0.305. The molecule has 0 aliphatic carbocycles. The minimum atomic E-state index is -0.305. The molecule has 0 unspecified atom stereocenters. The maximum atomic E-state index is 9.08. The van der Waals surface area contributed by atoms with E-state index in [0.717, 1.165) is 12.3 Å². The van der Waals surface area contributed by atoms with Crippen LogP contribution in [0.15, 0.2) is 24.3 Å². The largest absolute Gasteiger partial charge is 0.494 e. The fourth-order valence-corrected chi connectivity index (χ4v) is 1.34. The quantitative estimate of drug-likeness (QED) is 0.747. The number of hydrogen-bond acceptors (Lipinski definition) is 3. The molecule has 1 rings (SSSR count). The predicted molar refractivity (Wildman–Crippen MR) is 61.0 cm³/mol. The van der Waals surface area contributed by atoms with Gasteiger partial charge in [-0.3, -0.25) is 0 Å². The van der Waals surface area contributed by atoms with Crippen LogP contribution in [0.4, 0.5) is 0 Å². The van der Waals surface area contributed by atoms with Gasteiger partial charge in [0.2, 0.25) is 0 Å². The Balaban J connectivity index is 2.43.